The van der Waals surface area contributed by atoms with Crippen molar-refractivity contribution in [3.8, 4) is 5.75 Å². The Morgan fingerprint density at radius 1 is 1.09 bits per heavy atom. The number of ether oxygens (including phenoxy) is 1. The highest BCUT2D eigenvalue weighted by Crippen LogP contribution is 2.13. The zero-order valence-corrected chi connectivity index (χ0v) is 13.6. The summed E-state index contributed by atoms with van der Waals surface area (Å²) in [5.74, 6) is 0.409. The molecule has 0 unspecified atom stereocenters. The lowest BCUT2D eigenvalue weighted by Crippen LogP contribution is -2.24. The van der Waals surface area contributed by atoms with E-state index < -0.39 is 0 Å². The first-order chi connectivity index (χ1) is 11.2. The molecule has 0 bridgehead atoms. The first-order valence-electron chi connectivity index (χ1n) is 7.84. The summed E-state index contributed by atoms with van der Waals surface area (Å²) >= 11 is 0. The van der Waals surface area contributed by atoms with E-state index >= 15 is 0 Å². The number of hydrazone groups is 1. The zero-order valence-electron chi connectivity index (χ0n) is 13.6. The molecule has 0 saturated carbocycles. The average molecular weight is 310 g/mol. The molecule has 0 heterocycles. The van der Waals surface area contributed by atoms with Gasteiger partial charge in [0.2, 0.25) is 0 Å². The van der Waals surface area contributed by atoms with Crippen LogP contribution in [-0.2, 0) is 17.6 Å². The summed E-state index contributed by atoms with van der Waals surface area (Å²) in [7, 11) is 0. The lowest BCUT2D eigenvalue weighted by atomic mass is 10.1. The number of rotatable bonds is 7. The molecule has 1 amide bonds. The molecule has 0 atom stereocenters. The molecule has 0 aliphatic rings. The van der Waals surface area contributed by atoms with Crippen molar-refractivity contribution in [2.45, 2.75) is 26.7 Å². The van der Waals surface area contributed by atoms with Gasteiger partial charge in [-0.05, 0) is 41.7 Å². The number of hydrogen-bond acceptors (Lipinski definition) is 3. The number of aryl methyl sites for hydroxylation is 2. The number of carbonyl (C=O) groups is 1. The maximum Gasteiger partial charge on any atom is 0.277 e. The highest BCUT2D eigenvalue weighted by molar-refractivity contribution is 5.82. The van der Waals surface area contributed by atoms with Gasteiger partial charge in [-0.15, -0.1) is 0 Å². The normalized spacial score (nSPS) is 10.7. The summed E-state index contributed by atoms with van der Waals surface area (Å²) in [6.45, 7) is 4.13. The Labute approximate surface area is 137 Å². The Bertz CT molecular complexity index is 663. The molecule has 23 heavy (non-hydrogen) atoms. The molecular formula is C19H22N2O2. The van der Waals surface area contributed by atoms with E-state index in [0.29, 0.717) is 5.75 Å². The number of amides is 1. The van der Waals surface area contributed by atoms with Gasteiger partial charge < -0.3 is 4.74 Å². The lowest BCUT2D eigenvalue weighted by molar-refractivity contribution is -0.123. The second-order valence-corrected chi connectivity index (χ2v) is 5.18. The molecule has 0 saturated heterocycles. The Kier molecular flexibility index (Phi) is 6.36. The van der Waals surface area contributed by atoms with E-state index in [9.17, 15) is 4.79 Å². The van der Waals surface area contributed by atoms with Crippen molar-refractivity contribution in [3.63, 3.8) is 0 Å². The quantitative estimate of drug-likeness (QED) is 0.630. The van der Waals surface area contributed by atoms with Crippen LogP contribution in [0.5, 0.6) is 5.75 Å². The maximum absolute atomic E-state index is 11.7. The summed E-state index contributed by atoms with van der Waals surface area (Å²) in [6, 6.07) is 15.8. The Hall–Kier alpha value is -2.62. The number of carbonyl (C=O) groups excluding carboxylic acids is 1. The van der Waals surface area contributed by atoms with Crippen LogP contribution in [0.2, 0.25) is 0 Å². The zero-order chi connectivity index (χ0) is 16.5. The number of hydrogen-bond donors (Lipinski definition) is 1. The number of benzene rings is 2. The van der Waals surface area contributed by atoms with Gasteiger partial charge in [0.1, 0.15) is 5.75 Å². The number of nitrogens with one attached hydrogen (secondary N) is 1. The molecule has 120 valence electrons. The van der Waals surface area contributed by atoms with Crippen LogP contribution in [0, 0.1) is 0 Å². The van der Waals surface area contributed by atoms with Crippen LogP contribution < -0.4 is 10.2 Å². The van der Waals surface area contributed by atoms with Gasteiger partial charge in [-0.25, -0.2) is 5.43 Å². The van der Waals surface area contributed by atoms with Gasteiger partial charge in [0, 0.05) is 0 Å². The van der Waals surface area contributed by atoms with Crippen molar-refractivity contribution in [3.05, 3.63) is 65.2 Å². The second-order valence-electron chi connectivity index (χ2n) is 5.18. The van der Waals surface area contributed by atoms with Gasteiger partial charge in [-0.1, -0.05) is 50.2 Å². The Morgan fingerprint density at radius 2 is 1.83 bits per heavy atom. The van der Waals surface area contributed by atoms with Crippen molar-refractivity contribution in [2.24, 2.45) is 5.10 Å². The van der Waals surface area contributed by atoms with Crippen LogP contribution in [0.3, 0.4) is 0 Å². The van der Waals surface area contributed by atoms with Gasteiger partial charge in [0.25, 0.3) is 5.91 Å². The Morgan fingerprint density at radius 3 is 2.52 bits per heavy atom. The third-order valence-electron chi connectivity index (χ3n) is 3.47. The molecule has 0 fully saturated rings. The molecule has 4 heteroatoms. The lowest BCUT2D eigenvalue weighted by Gasteiger charge is -2.06. The van der Waals surface area contributed by atoms with E-state index in [0.717, 1.165) is 18.4 Å². The topological polar surface area (TPSA) is 50.7 Å². The van der Waals surface area contributed by atoms with Gasteiger partial charge in [0.05, 0.1) is 6.21 Å². The third kappa shape index (κ3) is 5.58. The van der Waals surface area contributed by atoms with Crippen LogP contribution in [0.25, 0.3) is 0 Å². The van der Waals surface area contributed by atoms with Gasteiger partial charge in [-0.3, -0.25) is 4.79 Å². The monoisotopic (exact) mass is 310 g/mol. The predicted octanol–water partition coefficient (Wildman–Crippen LogP) is 3.34. The summed E-state index contributed by atoms with van der Waals surface area (Å²) in [4.78, 5) is 11.7. The smallest absolute Gasteiger partial charge is 0.277 e. The molecule has 2 aromatic rings. The summed E-state index contributed by atoms with van der Waals surface area (Å²) in [5, 5.41) is 3.94. The Balaban J connectivity index is 1.78. The molecule has 0 aromatic heterocycles. The van der Waals surface area contributed by atoms with Gasteiger partial charge >= 0.3 is 0 Å². The van der Waals surface area contributed by atoms with Crippen molar-refractivity contribution in [1.29, 1.82) is 0 Å². The van der Waals surface area contributed by atoms with Crippen molar-refractivity contribution in [2.75, 3.05) is 6.61 Å². The van der Waals surface area contributed by atoms with Crippen LogP contribution in [0.15, 0.2) is 53.6 Å². The fraction of sp³-hybridized carbons (Fsp3) is 0.263. The highest BCUT2D eigenvalue weighted by Gasteiger charge is 2.01. The van der Waals surface area contributed by atoms with Crippen LogP contribution in [0.1, 0.15) is 30.5 Å². The van der Waals surface area contributed by atoms with E-state index in [1.807, 2.05) is 48.5 Å². The van der Waals surface area contributed by atoms with E-state index in [4.69, 9.17) is 4.74 Å². The van der Waals surface area contributed by atoms with E-state index in [-0.39, 0.29) is 12.5 Å². The second kappa shape index (κ2) is 8.73. The molecular weight excluding hydrogens is 288 g/mol. The third-order valence-corrected chi connectivity index (χ3v) is 3.47. The average Bonchev–Trinajstić information content (AvgIpc) is 2.61. The van der Waals surface area contributed by atoms with Crippen LogP contribution >= 0.6 is 0 Å². The number of nitrogens with zero attached hydrogens (tertiary/aromatic N) is 1. The predicted molar refractivity (Wildman–Crippen MR) is 92.9 cm³/mol. The van der Waals surface area contributed by atoms with E-state index in [1.54, 1.807) is 6.21 Å². The maximum atomic E-state index is 11.7. The van der Waals surface area contributed by atoms with Crippen molar-refractivity contribution in [1.82, 2.24) is 5.43 Å². The van der Waals surface area contributed by atoms with E-state index in [2.05, 4.69) is 24.4 Å². The first-order valence-corrected chi connectivity index (χ1v) is 7.84. The minimum Gasteiger partial charge on any atom is -0.484 e. The summed E-state index contributed by atoms with van der Waals surface area (Å²) in [6.07, 6.45) is 3.56. The molecule has 0 aliphatic heterocycles. The van der Waals surface area contributed by atoms with Crippen molar-refractivity contribution < 1.29 is 9.53 Å². The molecule has 0 spiro atoms. The van der Waals surface area contributed by atoms with Gasteiger partial charge in [0.15, 0.2) is 6.61 Å². The highest BCUT2D eigenvalue weighted by atomic mass is 16.5. The van der Waals surface area contributed by atoms with Crippen LogP contribution in [0.4, 0.5) is 0 Å². The van der Waals surface area contributed by atoms with E-state index in [1.165, 1.54) is 11.1 Å². The minimum atomic E-state index is -0.284. The molecule has 2 aromatic carbocycles. The SMILES string of the molecule is CCc1ccc(/C=N/NC(=O)COc2cccc(CC)c2)cc1. The van der Waals surface area contributed by atoms with Crippen molar-refractivity contribution >= 4 is 12.1 Å². The molecule has 0 radical (unpaired) electrons. The fourth-order valence-corrected chi connectivity index (χ4v) is 2.05. The largest absolute Gasteiger partial charge is 0.484 e. The minimum absolute atomic E-state index is 0.0563. The standard InChI is InChI=1S/C19H22N2O2/c1-3-15-8-10-17(11-9-15)13-20-21-19(22)14-23-18-7-5-6-16(4-2)12-18/h5-13H,3-4,14H2,1-2H3,(H,21,22)/b20-13+. The molecule has 2 rings (SSSR count). The molecule has 0 aliphatic carbocycles. The van der Waals surface area contributed by atoms with Crippen LogP contribution in [-0.4, -0.2) is 18.7 Å². The molecule has 1 N–H and O–H groups in total. The first kappa shape index (κ1) is 16.7. The fourth-order valence-electron chi connectivity index (χ4n) is 2.05. The molecule has 4 nitrogen and oxygen atoms in total. The summed E-state index contributed by atoms with van der Waals surface area (Å²) < 4.78 is 5.46. The summed E-state index contributed by atoms with van der Waals surface area (Å²) in [5.41, 5.74) is 5.86. The van der Waals surface area contributed by atoms with Gasteiger partial charge in [-0.2, -0.15) is 5.10 Å².